The first-order valence-corrected chi connectivity index (χ1v) is 7.69. The van der Waals surface area contributed by atoms with Gasteiger partial charge in [0, 0.05) is 14.2 Å². The molecule has 2 aromatic rings. The summed E-state index contributed by atoms with van der Waals surface area (Å²) in [6.07, 6.45) is -1.81. The summed E-state index contributed by atoms with van der Waals surface area (Å²) in [7, 11) is 3.12. The van der Waals surface area contributed by atoms with Crippen LogP contribution in [0.15, 0.2) is 60.7 Å². The van der Waals surface area contributed by atoms with Crippen molar-refractivity contribution in [1.82, 2.24) is 0 Å². The van der Waals surface area contributed by atoms with Gasteiger partial charge in [-0.1, -0.05) is 60.7 Å². The summed E-state index contributed by atoms with van der Waals surface area (Å²) in [5, 5.41) is 0. The average molecular weight is 330 g/mol. The number of hydrogen-bond acceptors (Lipinski definition) is 5. The molecule has 0 radical (unpaired) electrons. The number of carbonyl (C=O) groups is 1. The molecule has 2 atom stereocenters. The highest BCUT2D eigenvalue weighted by Crippen LogP contribution is 2.22. The van der Waals surface area contributed by atoms with Gasteiger partial charge in [-0.3, -0.25) is 0 Å². The minimum Gasteiger partial charge on any atom is -0.424 e. The molecule has 24 heavy (non-hydrogen) atoms. The zero-order chi connectivity index (χ0) is 17.2. The Kier molecular flexibility index (Phi) is 7.26. The highest BCUT2D eigenvalue weighted by atomic mass is 16.7. The topological polar surface area (TPSA) is 54.0 Å². The molecule has 0 spiro atoms. The number of methoxy groups -OCH3 is 2. The van der Waals surface area contributed by atoms with E-state index in [0.29, 0.717) is 0 Å². The van der Waals surface area contributed by atoms with Gasteiger partial charge in [-0.05, 0) is 11.1 Å². The highest BCUT2D eigenvalue weighted by Gasteiger charge is 2.22. The van der Waals surface area contributed by atoms with Crippen molar-refractivity contribution in [1.29, 1.82) is 0 Å². The SMILES string of the molecule is COC[C@@H](OC(=O)O[C@H](COC)c1ccccc1)c1ccccc1. The summed E-state index contributed by atoms with van der Waals surface area (Å²) in [6, 6.07) is 18.8. The Balaban J connectivity index is 2.03. The molecule has 0 saturated heterocycles. The van der Waals surface area contributed by atoms with Crippen molar-refractivity contribution >= 4 is 6.16 Å². The van der Waals surface area contributed by atoms with E-state index in [2.05, 4.69) is 0 Å². The Labute approximate surface area is 142 Å². The van der Waals surface area contributed by atoms with E-state index in [9.17, 15) is 4.79 Å². The Hall–Kier alpha value is -2.37. The monoisotopic (exact) mass is 330 g/mol. The lowest BCUT2D eigenvalue weighted by Crippen LogP contribution is -2.21. The maximum absolute atomic E-state index is 12.2. The van der Waals surface area contributed by atoms with Crippen LogP contribution < -0.4 is 0 Å². The third-order valence-electron chi connectivity index (χ3n) is 3.46. The van der Waals surface area contributed by atoms with Crippen LogP contribution in [-0.4, -0.2) is 33.6 Å². The van der Waals surface area contributed by atoms with Crippen LogP contribution in [0.5, 0.6) is 0 Å². The molecule has 0 aliphatic heterocycles. The second-order valence-corrected chi connectivity index (χ2v) is 5.20. The van der Waals surface area contributed by atoms with Crippen LogP contribution in [-0.2, 0) is 18.9 Å². The molecule has 0 aromatic heterocycles. The molecule has 0 heterocycles. The fourth-order valence-corrected chi connectivity index (χ4v) is 2.29. The van der Waals surface area contributed by atoms with E-state index in [1.807, 2.05) is 60.7 Å². The second-order valence-electron chi connectivity index (χ2n) is 5.20. The van der Waals surface area contributed by atoms with E-state index in [4.69, 9.17) is 18.9 Å². The minimum atomic E-state index is -0.758. The lowest BCUT2D eigenvalue weighted by atomic mass is 10.1. The van der Waals surface area contributed by atoms with E-state index in [-0.39, 0.29) is 13.2 Å². The average Bonchev–Trinajstić information content (AvgIpc) is 2.62. The van der Waals surface area contributed by atoms with Gasteiger partial charge in [0.05, 0.1) is 13.2 Å². The van der Waals surface area contributed by atoms with Crippen LogP contribution in [0.4, 0.5) is 4.79 Å². The van der Waals surface area contributed by atoms with Gasteiger partial charge in [0.2, 0.25) is 0 Å². The largest absolute Gasteiger partial charge is 0.509 e. The van der Waals surface area contributed by atoms with Crippen molar-refractivity contribution in [3.8, 4) is 0 Å². The molecular formula is C19H22O5. The maximum Gasteiger partial charge on any atom is 0.509 e. The van der Waals surface area contributed by atoms with Crippen LogP contribution in [0.3, 0.4) is 0 Å². The van der Waals surface area contributed by atoms with E-state index in [1.54, 1.807) is 14.2 Å². The number of carbonyl (C=O) groups excluding carboxylic acids is 1. The first-order valence-electron chi connectivity index (χ1n) is 7.69. The number of benzene rings is 2. The molecule has 0 aliphatic rings. The van der Waals surface area contributed by atoms with Gasteiger partial charge in [-0.25, -0.2) is 4.79 Å². The molecule has 0 aliphatic carbocycles. The lowest BCUT2D eigenvalue weighted by molar-refractivity contribution is -0.0403. The third kappa shape index (κ3) is 5.37. The normalized spacial score (nSPS) is 13.1. The summed E-state index contributed by atoms with van der Waals surface area (Å²) in [5.41, 5.74) is 1.69. The summed E-state index contributed by atoms with van der Waals surface area (Å²) in [5.74, 6) is 0. The van der Waals surface area contributed by atoms with Gasteiger partial charge >= 0.3 is 6.16 Å². The molecule has 0 bridgehead atoms. The molecular weight excluding hydrogens is 308 g/mol. The van der Waals surface area contributed by atoms with Crippen LogP contribution in [0, 0.1) is 0 Å². The van der Waals surface area contributed by atoms with Crippen molar-refractivity contribution in [2.45, 2.75) is 12.2 Å². The summed E-state index contributed by atoms with van der Waals surface area (Å²) in [4.78, 5) is 12.2. The van der Waals surface area contributed by atoms with E-state index in [0.717, 1.165) is 11.1 Å². The second kappa shape index (κ2) is 9.70. The van der Waals surface area contributed by atoms with Crippen LogP contribution in [0.2, 0.25) is 0 Å². The predicted octanol–water partition coefficient (Wildman–Crippen LogP) is 3.92. The van der Waals surface area contributed by atoms with Crippen molar-refractivity contribution in [2.75, 3.05) is 27.4 Å². The van der Waals surface area contributed by atoms with Gasteiger partial charge in [-0.15, -0.1) is 0 Å². The quantitative estimate of drug-likeness (QED) is 0.687. The van der Waals surface area contributed by atoms with Gasteiger partial charge in [-0.2, -0.15) is 0 Å². The zero-order valence-corrected chi connectivity index (χ0v) is 13.9. The fraction of sp³-hybridized carbons (Fsp3) is 0.316. The zero-order valence-electron chi connectivity index (χ0n) is 13.9. The third-order valence-corrected chi connectivity index (χ3v) is 3.46. The fourth-order valence-electron chi connectivity index (χ4n) is 2.29. The van der Waals surface area contributed by atoms with Crippen molar-refractivity contribution < 1.29 is 23.7 Å². The number of ether oxygens (including phenoxy) is 4. The highest BCUT2D eigenvalue weighted by molar-refractivity contribution is 5.61. The van der Waals surface area contributed by atoms with Gasteiger partial charge in [0.15, 0.2) is 12.2 Å². The molecule has 2 rings (SSSR count). The summed E-state index contributed by atoms with van der Waals surface area (Å²) >= 11 is 0. The molecule has 0 amide bonds. The van der Waals surface area contributed by atoms with Crippen LogP contribution in [0.1, 0.15) is 23.3 Å². The number of rotatable bonds is 8. The molecule has 2 aromatic carbocycles. The molecule has 5 heteroatoms. The summed E-state index contributed by atoms with van der Waals surface area (Å²) < 4.78 is 21.1. The first-order chi connectivity index (χ1) is 11.7. The molecule has 128 valence electrons. The van der Waals surface area contributed by atoms with Crippen LogP contribution in [0.25, 0.3) is 0 Å². The molecule has 0 N–H and O–H groups in total. The van der Waals surface area contributed by atoms with Crippen LogP contribution >= 0.6 is 0 Å². The Bertz CT molecular complexity index is 546. The lowest BCUT2D eigenvalue weighted by Gasteiger charge is -2.21. The standard InChI is InChI=1S/C19H22O5/c1-21-13-17(15-9-5-3-6-10-15)23-19(20)24-18(14-22-2)16-11-7-4-8-12-16/h3-12,17-18H,13-14H2,1-2H3/t17-,18-/m1/s1. The Morgan fingerprint density at radius 1 is 0.750 bits per heavy atom. The van der Waals surface area contributed by atoms with E-state index < -0.39 is 18.4 Å². The Morgan fingerprint density at radius 2 is 1.12 bits per heavy atom. The first kappa shape index (κ1) is 18.0. The molecule has 0 fully saturated rings. The van der Waals surface area contributed by atoms with Crippen molar-refractivity contribution in [3.05, 3.63) is 71.8 Å². The van der Waals surface area contributed by atoms with Crippen molar-refractivity contribution in [3.63, 3.8) is 0 Å². The van der Waals surface area contributed by atoms with Gasteiger partial charge in [0.25, 0.3) is 0 Å². The molecule has 5 nitrogen and oxygen atoms in total. The van der Waals surface area contributed by atoms with E-state index >= 15 is 0 Å². The summed E-state index contributed by atoms with van der Waals surface area (Å²) in [6.45, 7) is 0.499. The minimum absolute atomic E-state index is 0.249. The van der Waals surface area contributed by atoms with Crippen molar-refractivity contribution in [2.24, 2.45) is 0 Å². The smallest absolute Gasteiger partial charge is 0.424 e. The molecule has 0 unspecified atom stereocenters. The maximum atomic E-state index is 12.2. The van der Waals surface area contributed by atoms with E-state index in [1.165, 1.54) is 0 Å². The molecule has 0 saturated carbocycles. The predicted molar refractivity (Wildman–Crippen MR) is 89.7 cm³/mol. The number of hydrogen-bond donors (Lipinski definition) is 0. The van der Waals surface area contributed by atoms with Gasteiger partial charge < -0.3 is 18.9 Å². The van der Waals surface area contributed by atoms with Gasteiger partial charge in [0.1, 0.15) is 0 Å². The Morgan fingerprint density at radius 3 is 1.46 bits per heavy atom.